The fraction of sp³-hybridized carbons (Fsp3) is 0.130. The summed E-state index contributed by atoms with van der Waals surface area (Å²) in [6.45, 7) is 2.20. The van der Waals surface area contributed by atoms with Crippen molar-refractivity contribution in [3.63, 3.8) is 0 Å². The summed E-state index contributed by atoms with van der Waals surface area (Å²) in [5.41, 5.74) is 3.46. The first-order chi connectivity index (χ1) is 16.0. The van der Waals surface area contributed by atoms with Crippen LogP contribution in [0.5, 0.6) is 0 Å². The SMILES string of the molecule is Cc1nn(CC(=O)Nc2cnn(Cc3ccc(F)cc3Cl)c2)c2nccc(-c3ccco3)c12. The van der Waals surface area contributed by atoms with Crippen molar-refractivity contribution in [1.29, 1.82) is 0 Å². The van der Waals surface area contributed by atoms with Crippen LogP contribution in [-0.2, 0) is 17.9 Å². The molecule has 0 spiro atoms. The number of carbonyl (C=O) groups is 1. The number of amides is 1. The zero-order chi connectivity index (χ0) is 22.9. The zero-order valence-corrected chi connectivity index (χ0v) is 18.3. The Morgan fingerprint density at radius 3 is 2.94 bits per heavy atom. The molecule has 0 radical (unpaired) electrons. The number of nitrogens with one attached hydrogen (secondary N) is 1. The van der Waals surface area contributed by atoms with Crippen LogP contribution in [-0.4, -0.2) is 30.5 Å². The second-order valence-electron chi connectivity index (χ2n) is 7.49. The molecule has 4 heterocycles. The van der Waals surface area contributed by atoms with Gasteiger partial charge in [-0.2, -0.15) is 10.2 Å². The molecule has 33 heavy (non-hydrogen) atoms. The van der Waals surface area contributed by atoms with Crippen molar-refractivity contribution in [2.45, 2.75) is 20.0 Å². The first-order valence-electron chi connectivity index (χ1n) is 10.1. The van der Waals surface area contributed by atoms with Gasteiger partial charge in [-0.15, -0.1) is 0 Å². The summed E-state index contributed by atoms with van der Waals surface area (Å²) < 4.78 is 21.9. The minimum Gasteiger partial charge on any atom is -0.464 e. The van der Waals surface area contributed by atoms with Gasteiger partial charge in [0.05, 0.1) is 35.8 Å². The lowest BCUT2D eigenvalue weighted by Crippen LogP contribution is -2.19. The van der Waals surface area contributed by atoms with Gasteiger partial charge in [0.25, 0.3) is 0 Å². The minimum atomic E-state index is -0.399. The third-order valence-corrected chi connectivity index (χ3v) is 5.50. The van der Waals surface area contributed by atoms with Gasteiger partial charge in [0.1, 0.15) is 18.1 Å². The Bertz CT molecular complexity index is 1460. The average molecular weight is 465 g/mol. The lowest BCUT2D eigenvalue weighted by Gasteiger charge is -2.05. The normalized spacial score (nSPS) is 11.2. The molecule has 1 aromatic carbocycles. The smallest absolute Gasteiger partial charge is 0.246 e. The molecule has 0 saturated heterocycles. The number of nitrogens with zero attached hydrogens (tertiary/aromatic N) is 5. The van der Waals surface area contributed by atoms with E-state index in [4.69, 9.17) is 16.0 Å². The van der Waals surface area contributed by atoms with Crippen molar-refractivity contribution in [1.82, 2.24) is 24.5 Å². The van der Waals surface area contributed by atoms with Crippen molar-refractivity contribution in [2.24, 2.45) is 0 Å². The average Bonchev–Trinajstić information content (AvgIpc) is 3.52. The Morgan fingerprint density at radius 2 is 2.15 bits per heavy atom. The molecule has 0 bridgehead atoms. The number of fused-ring (bicyclic) bond motifs is 1. The Labute approximate surface area is 192 Å². The molecular weight excluding hydrogens is 447 g/mol. The number of hydrogen-bond acceptors (Lipinski definition) is 5. The lowest BCUT2D eigenvalue weighted by molar-refractivity contribution is -0.116. The van der Waals surface area contributed by atoms with E-state index in [0.717, 1.165) is 22.2 Å². The maximum atomic E-state index is 13.2. The molecule has 166 valence electrons. The van der Waals surface area contributed by atoms with E-state index < -0.39 is 5.82 Å². The van der Waals surface area contributed by atoms with Crippen molar-refractivity contribution < 1.29 is 13.6 Å². The van der Waals surface area contributed by atoms with E-state index >= 15 is 0 Å². The highest BCUT2D eigenvalue weighted by Gasteiger charge is 2.17. The molecule has 5 rings (SSSR count). The Kier molecular flexibility index (Phi) is 5.39. The summed E-state index contributed by atoms with van der Waals surface area (Å²) in [6.07, 6.45) is 6.49. The van der Waals surface area contributed by atoms with E-state index in [1.807, 2.05) is 25.1 Å². The molecular formula is C23H18ClFN6O2. The zero-order valence-electron chi connectivity index (χ0n) is 17.5. The van der Waals surface area contributed by atoms with E-state index in [1.165, 1.54) is 18.3 Å². The molecule has 0 aliphatic rings. The Balaban J connectivity index is 1.31. The van der Waals surface area contributed by atoms with E-state index in [0.29, 0.717) is 28.7 Å². The van der Waals surface area contributed by atoms with E-state index in [1.54, 1.807) is 34.1 Å². The van der Waals surface area contributed by atoms with Gasteiger partial charge in [-0.3, -0.25) is 9.48 Å². The van der Waals surface area contributed by atoms with E-state index in [-0.39, 0.29) is 12.5 Å². The highest BCUT2D eigenvalue weighted by molar-refractivity contribution is 6.31. The highest BCUT2D eigenvalue weighted by atomic mass is 35.5. The van der Waals surface area contributed by atoms with Crippen LogP contribution in [0.3, 0.4) is 0 Å². The molecule has 1 amide bonds. The molecule has 5 aromatic rings. The third kappa shape index (κ3) is 4.22. The monoisotopic (exact) mass is 464 g/mol. The molecule has 0 aliphatic heterocycles. The summed E-state index contributed by atoms with van der Waals surface area (Å²) >= 11 is 6.08. The number of halogens is 2. The topological polar surface area (TPSA) is 90.8 Å². The van der Waals surface area contributed by atoms with Crippen molar-refractivity contribution in [3.8, 4) is 11.3 Å². The van der Waals surface area contributed by atoms with Gasteiger partial charge in [0.2, 0.25) is 5.91 Å². The first-order valence-corrected chi connectivity index (χ1v) is 10.5. The Hall–Kier alpha value is -3.98. The quantitative estimate of drug-likeness (QED) is 0.394. The minimum absolute atomic E-state index is 0.0199. The predicted molar refractivity (Wildman–Crippen MR) is 121 cm³/mol. The van der Waals surface area contributed by atoms with Gasteiger partial charge in [0, 0.05) is 23.0 Å². The van der Waals surface area contributed by atoms with Crippen molar-refractivity contribution in [3.05, 3.63) is 83.3 Å². The van der Waals surface area contributed by atoms with Crippen LogP contribution in [0.25, 0.3) is 22.4 Å². The molecule has 0 aliphatic carbocycles. The highest BCUT2D eigenvalue weighted by Crippen LogP contribution is 2.30. The van der Waals surface area contributed by atoms with Crippen LogP contribution in [0.15, 0.2) is 65.7 Å². The number of furan rings is 1. The molecule has 1 N–H and O–H groups in total. The summed E-state index contributed by atoms with van der Waals surface area (Å²) in [6, 6.07) is 9.75. The number of benzene rings is 1. The number of pyridine rings is 1. The second kappa shape index (κ2) is 8.51. The third-order valence-electron chi connectivity index (χ3n) is 5.15. The van der Waals surface area contributed by atoms with Crippen LogP contribution in [0.4, 0.5) is 10.1 Å². The fourth-order valence-corrected chi connectivity index (χ4v) is 3.93. The molecule has 10 heteroatoms. The molecule has 0 saturated carbocycles. The maximum Gasteiger partial charge on any atom is 0.246 e. The molecule has 0 fully saturated rings. The van der Waals surface area contributed by atoms with Crippen LogP contribution in [0, 0.1) is 12.7 Å². The van der Waals surface area contributed by atoms with E-state index in [2.05, 4.69) is 20.5 Å². The standard InChI is InChI=1S/C23H18ClFN6O2/c1-14-22-18(20-3-2-8-33-20)6-7-26-23(22)31(29-14)13-21(32)28-17-10-27-30(12-17)11-15-4-5-16(25)9-19(15)24/h2-10,12H,11,13H2,1H3,(H,28,32). The van der Waals surface area contributed by atoms with Crippen LogP contribution in [0.1, 0.15) is 11.3 Å². The van der Waals surface area contributed by atoms with Gasteiger partial charge in [-0.1, -0.05) is 17.7 Å². The second-order valence-corrected chi connectivity index (χ2v) is 7.90. The van der Waals surface area contributed by atoms with Crippen LogP contribution in [0.2, 0.25) is 5.02 Å². The number of carbonyl (C=O) groups excluding carboxylic acids is 1. The summed E-state index contributed by atoms with van der Waals surface area (Å²) in [5, 5.41) is 12.7. The number of aryl methyl sites for hydroxylation is 1. The largest absolute Gasteiger partial charge is 0.464 e. The van der Waals surface area contributed by atoms with E-state index in [9.17, 15) is 9.18 Å². The fourth-order valence-electron chi connectivity index (χ4n) is 3.70. The van der Waals surface area contributed by atoms with Gasteiger partial charge in [-0.05, 0) is 42.8 Å². The summed E-state index contributed by atoms with van der Waals surface area (Å²) in [7, 11) is 0. The first kappa shape index (κ1) is 20.9. The van der Waals surface area contributed by atoms with Gasteiger partial charge in [0.15, 0.2) is 5.65 Å². The lowest BCUT2D eigenvalue weighted by atomic mass is 10.1. The van der Waals surface area contributed by atoms with Crippen molar-refractivity contribution >= 4 is 34.2 Å². The van der Waals surface area contributed by atoms with Crippen molar-refractivity contribution in [2.75, 3.05) is 5.32 Å². The van der Waals surface area contributed by atoms with Crippen LogP contribution >= 0.6 is 11.6 Å². The van der Waals surface area contributed by atoms with Gasteiger partial charge < -0.3 is 9.73 Å². The van der Waals surface area contributed by atoms with Crippen LogP contribution < -0.4 is 5.32 Å². The molecule has 0 unspecified atom stereocenters. The summed E-state index contributed by atoms with van der Waals surface area (Å²) in [5.74, 6) is 0.0384. The number of anilines is 1. The van der Waals surface area contributed by atoms with Gasteiger partial charge >= 0.3 is 0 Å². The molecule has 4 aromatic heterocycles. The van der Waals surface area contributed by atoms with Gasteiger partial charge in [-0.25, -0.2) is 14.1 Å². The number of hydrogen-bond donors (Lipinski definition) is 1. The molecule has 8 nitrogen and oxygen atoms in total. The number of rotatable bonds is 6. The maximum absolute atomic E-state index is 13.2. The Morgan fingerprint density at radius 1 is 1.27 bits per heavy atom. The summed E-state index contributed by atoms with van der Waals surface area (Å²) in [4.78, 5) is 17.1. The number of aromatic nitrogens is 5. The molecule has 0 atom stereocenters. The predicted octanol–water partition coefficient (Wildman–Crippen LogP) is 4.68.